The summed E-state index contributed by atoms with van der Waals surface area (Å²) in [6, 6.07) is 17.1. The summed E-state index contributed by atoms with van der Waals surface area (Å²) < 4.78 is 11.3. The molecule has 0 spiro atoms. The first kappa shape index (κ1) is 38.8. The minimum atomic E-state index is -1.33. The van der Waals surface area contributed by atoms with Crippen LogP contribution in [0.5, 0.6) is 11.5 Å². The van der Waals surface area contributed by atoms with Gasteiger partial charge in [0.05, 0.1) is 31.7 Å². The molecular weight excluding hydrogens is 680 g/mol. The summed E-state index contributed by atoms with van der Waals surface area (Å²) in [7, 11) is 0. The second kappa shape index (κ2) is 18.9. The van der Waals surface area contributed by atoms with Gasteiger partial charge >= 0.3 is 0 Å². The van der Waals surface area contributed by atoms with Gasteiger partial charge in [-0.25, -0.2) is 0 Å². The van der Waals surface area contributed by atoms with Gasteiger partial charge in [-0.15, -0.1) is 0 Å². The number of hydrogen-bond acceptors (Lipinski definition) is 9. The predicted octanol–water partition coefficient (Wildman–Crippen LogP) is 1.41. The monoisotopic (exact) mass is 728 g/mol. The molecule has 14 nitrogen and oxygen atoms in total. The first-order chi connectivity index (χ1) is 25.5. The van der Waals surface area contributed by atoms with E-state index in [1.165, 1.54) is 18.2 Å². The van der Waals surface area contributed by atoms with Crippen molar-refractivity contribution < 1.29 is 38.6 Å². The third kappa shape index (κ3) is 11.5. The van der Waals surface area contributed by atoms with E-state index in [-0.39, 0.29) is 49.1 Å². The van der Waals surface area contributed by atoms with Crippen LogP contribution in [0.25, 0.3) is 0 Å². The van der Waals surface area contributed by atoms with Crippen LogP contribution in [-0.4, -0.2) is 97.1 Å². The van der Waals surface area contributed by atoms with Crippen molar-refractivity contribution in [2.75, 3.05) is 39.5 Å². The Bertz CT molecular complexity index is 1740. The van der Waals surface area contributed by atoms with Crippen LogP contribution in [0.2, 0.25) is 0 Å². The lowest BCUT2D eigenvalue weighted by Gasteiger charge is -2.26. The normalized spacial score (nSPS) is 20.8. The molecule has 1 fully saturated rings. The van der Waals surface area contributed by atoms with Crippen molar-refractivity contribution in [2.45, 2.75) is 57.9 Å². The lowest BCUT2D eigenvalue weighted by Crippen LogP contribution is -2.57. The van der Waals surface area contributed by atoms with Crippen molar-refractivity contribution >= 4 is 29.5 Å². The number of benzene rings is 3. The molecule has 2 heterocycles. The largest absolute Gasteiger partial charge is 0.508 e. The number of phenols is 1. The lowest BCUT2D eigenvalue weighted by molar-refractivity contribution is -0.133. The van der Waals surface area contributed by atoms with E-state index < -0.39 is 54.1 Å². The molecule has 0 radical (unpaired) electrons. The van der Waals surface area contributed by atoms with Crippen LogP contribution in [0, 0.1) is 5.92 Å². The maximum atomic E-state index is 13.8. The van der Waals surface area contributed by atoms with Gasteiger partial charge in [-0.2, -0.15) is 0 Å². The molecule has 3 atom stereocenters. The zero-order chi connectivity index (χ0) is 37.7. The molecule has 53 heavy (non-hydrogen) atoms. The first-order valence-corrected chi connectivity index (χ1v) is 17.9. The van der Waals surface area contributed by atoms with Gasteiger partial charge in [-0.3, -0.25) is 28.9 Å². The molecule has 0 saturated carbocycles. The van der Waals surface area contributed by atoms with Gasteiger partial charge in [-0.05, 0) is 46.9 Å². The Labute approximate surface area is 309 Å². The summed E-state index contributed by atoms with van der Waals surface area (Å²) in [6.45, 7) is 7.61. The van der Waals surface area contributed by atoms with Gasteiger partial charge in [0.1, 0.15) is 36.2 Å². The van der Waals surface area contributed by atoms with E-state index in [4.69, 9.17) is 9.47 Å². The number of rotatable bonds is 8. The highest BCUT2D eigenvalue weighted by Gasteiger charge is 2.31. The van der Waals surface area contributed by atoms with Crippen LogP contribution in [0.1, 0.15) is 47.3 Å². The van der Waals surface area contributed by atoms with Crippen molar-refractivity contribution in [1.82, 2.24) is 31.5 Å². The Morgan fingerprint density at radius 2 is 1.60 bits per heavy atom. The Kier molecular flexibility index (Phi) is 13.8. The Balaban J connectivity index is 1.38. The lowest BCUT2D eigenvalue weighted by atomic mass is 10.0. The van der Waals surface area contributed by atoms with Gasteiger partial charge in [0.25, 0.3) is 5.91 Å². The van der Waals surface area contributed by atoms with Crippen LogP contribution in [-0.2, 0) is 43.4 Å². The number of hydrogen-bond donors (Lipinski definition) is 6. The molecule has 3 aromatic rings. The molecule has 1 saturated heterocycles. The van der Waals surface area contributed by atoms with Crippen LogP contribution in [0.15, 0.2) is 72.8 Å². The van der Waals surface area contributed by atoms with E-state index in [2.05, 4.69) is 31.5 Å². The van der Waals surface area contributed by atoms with E-state index in [1.54, 1.807) is 44.2 Å². The summed E-state index contributed by atoms with van der Waals surface area (Å²) in [6.07, 6.45) is -0.472. The topological polar surface area (TPSA) is 187 Å². The fourth-order valence-corrected chi connectivity index (χ4v) is 6.14. The zero-order valence-corrected chi connectivity index (χ0v) is 30.1. The second-order valence-corrected chi connectivity index (χ2v) is 13.5. The number of carbonyl (C=O) groups is 5. The number of phenolic OH excluding ortho intramolecular Hbond substituents is 1. The summed E-state index contributed by atoms with van der Waals surface area (Å²) in [5, 5.41) is 23.6. The number of amides is 5. The van der Waals surface area contributed by atoms with Gasteiger partial charge < -0.3 is 41.2 Å². The van der Waals surface area contributed by atoms with Crippen LogP contribution < -0.4 is 31.3 Å². The van der Waals surface area contributed by atoms with Crippen LogP contribution in [0.4, 0.5) is 0 Å². The fourth-order valence-electron chi connectivity index (χ4n) is 6.14. The molecule has 0 bridgehead atoms. The van der Waals surface area contributed by atoms with Gasteiger partial charge in [0.2, 0.25) is 23.6 Å². The average Bonchev–Trinajstić information content (AvgIpc) is 3.15. The van der Waals surface area contributed by atoms with Crippen molar-refractivity contribution in [3.05, 3.63) is 95.1 Å². The summed E-state index contributed by atoms with van der Waals surface area (Å²) >= 11 is 0. The number of nitrogens with one attached hydrogen (secondary N) is 5. The molecule has 5 rings (SSSR count). The highest BCUT2D eigenvalue weighted by molar-refractivity contribution is 6.01. The SMILES string of the molecule is CC(C)[C@H]1NC(=O)[C@H](Cc2ccc(O)cc2)NC(=O)C[C@@H](C(=O)NCc2cccc(CN3CCOCC3)c2)NC(=O)c2ccccc2OCCNC1=O. The molecule has 6 N–H and O–H groups in total. The molecule has 282 valence electrons. The number of morpholine rings is 1. The van der Waals surface area contributed by atoms with E-state index in [9.17, 15) is 29.1 Å². The maximum Gasteiger partial charge on any atom is 0.255 e. The number of ether oxygens (including phenoxy) is 2. The fraction of sp³-hybridized carbons (Fsp3) is 0.410. The Hall–Kier alpha value is -5.47. The van der Waals surface area contributed by atoms with Crippen LogP contribution >= 0.6 is 0 Å². The molecule has 3 aromatic carbocycles. The maximum absolute atomic E-state index is 13.8. The second-order valence-electron chi connectivity index (χ2n) is 13.5. The minimum Gasteiger partial charge on any atom is -0.508 e. The number of fused-ring (bicyclic) bond motifs is 1. The number of aromatic hydroxyl groups is 1. The third-order valence-electron chi connectivity index (χ3n) is 9.04. The van der Waals surface area contributed by atoms with Gasteiger partial charge in [0, 0.05) is 32.6 Å². The quantitative estimate of drug-likeness (QED) is 0.200. The molecule has 2 aliphatic rings. The molecule has 14 heteroatoms. The van der Waals surface area contributed by atoms with Crippen LogP contribution in [0.3, 0.4) is 0 Å². The predicted molar refractivity (Wildman–Crippen MR) is 196 cm³/mol. The van der Waals surface area contributed by atoms with Gasteiger partial charge in [-0.1, -0.05) is 62.4 Å². The van der Waals surface area contributed by atoms with E-state index >= 15 is 0 Å². The molecule has 2 aliphatic heterocycles. The summed E-state index contributed by atoms with van der Waals surface area (Å²) in [5.74, 6) is -3.02. The van der Waals surface area contributed by atoms with Crippen molar-refractivity contribution in [3.8, 4) is 11.5 Å². The molecule has 5 amide bonds. The smallest absolute Gasteiger partial charge is 0.255 e. The average molecular weight is 729 g/mol. The minimum absolute atomic E-state index is 0.0207. The number of nitrogens with zero attached hydrogens (tertiary/aromatic N) is 1. The van der Waals surface area contributed by atoms with Gasteiger partial charge in [0.15, 0.2) is 0 Å². The third-order valence-corrected chi connectivity index (χ3v) is 9.04. The van der Waals surface area contributed by atoms with Crippen molar-refractivity contribution in [3.63, 3.8) is 0 Å². The molecule has 0 aliphatic carbocycles. The summed E-state index contributed by atoms with van der Waals surface area (Å²) in [5.41, 5.74) is 2.69. The molecule has 0 unspecified atom stereocenters. The number of carbonyl (C=O) groups excluding carboxylic acids is 5. The van der Waals surface area contributed by atoms with E-state index in [1.807, 2.05) is 24.3 Å². The standard InChI is InChI=1S/C39H48N6O8/c1-25(2)35-39(51)40-14-17-53-33-9-4-3-8-30(33)36(48)43-32(22-34(47)42-31(38(50)44-35)21-26-10-12-29(46)13-11-26)37(49)41-23-27-6-5-7-28(20-27)24-45-15-18-52-19-16-45/h3-13,20,25,31-32,35,46H,14-19,21-24H2,1-2H3,(H,40,51)(H,41,49)(H,42,47)(H,43,48)(H,44,50)/t31-,32-,35+/m0/s1. The Morgan fingerprint density at radius 1 is 0.868 bits per heavy atom. The van der Waals surface area contributed by atoms with Crippen molar-refractivity contribution in [2.24, 2.45) is 5.92 Å². The Morgan fingerprint density at radius 3 is 2.36 bits per heavy atom. The summed E-state index contributed by atoms with van der Waals surface area (Å²) in [4.78, 5) is 70.4. The number of para-hydroxylation sites is 1. The van der Waals surface area contributed by atoms with E-state index in [0.717, 1.165) is 30.8 Å². The molecule has 0 aromatic heterocycles. The van der Waals surface area contributed by atoms with Crippen molar-refractivity contribution in [1.29, 1.82) is 0 Å². The molecular formula is C39H48N6O8. The first-order valence-electron chi connectivity index (χ1n) is 17.9. The highest BCUT2D eigenvalue weighted by atomic mass is 16.5. The zero-order valence-electron chi connectivity index (χ0n) is 30.1. The van der Waals surface area contributed by atoms with E-state index in [0.29, 0.717) is 18.8 Å². The highest BCUT2D eigenvalue weighted by Crippen LogP contribution is 2.19.